The third-order valence-electron chi connectivity index (χ3n) is 7.28. The largest absolute Gasteiger partial charge is 0.393 e. The lowest BCUT2D eigenvalue weighted by molar-refractivity contribution is -0.0979. The smallest absolute Gasteiger partial charge is 0.0551 e. The molecule has 1 nitrogen and oxygen atoms in total. The highest BCUT2D eigenvalue weighted by molar-refractivity contribution is 14.1. The van der Waals surface area contributed by atoms with Crippen LogP contribution in [0.15, 0.2) is 24.3 Å². The van der Waals surface area contributed by atoms with Crippen molar-refractivity contribution in [3.05, 3.63) is 24.3 Å². The van der Waals surface area contributed by atoms with Gasteiger partial charge in [0.2, 0.25) is 0 Å². The Balaban J connectivity index is 1.97. The van der Waals surface area contributed by atoms with Gasteiger partial charge in [-0.25, -0.2) is 0 Å². The molecule has 0 radical (unpaired) electrons. The van der Waals surface area contributed by atoms with Crippen molar-refractivity contribution in [2.45, 2.75) is 65.4 Å². The second kappa shape index (κ2) is 5.61. The van der Waals surface area contributed by atoms with Crippen LogP contribution >= 0.6 is 22.6 Å². The fourth-order valence-electron chi connectivity index (χ4n) is 6.03. The molecule has 0 aromatic carbocycles. The highest BCUT2D eigenvalue weighted by atomic mass is 127. The van der Waals surface area contributed by atoms with E-state index < -0.39 is 0 Å². The fraction of sp³-hybridized carbons (Fsp3) is 0.800. The van der Waals surface area contributed by atoms with Crippen molar-refractivity contribution in [2.24, 2.45) is 28.1 Å². The Bertz CT molecular complexity index is 498. The predicted octanol–water partition coefficient (Wildman–Crippen LogP) is 5.53. The molecule has 0 aromatic heterocycles. The Kier molecular flexibility index (Phi) is 4.34. The summed E-state index contributed by atoms with van der Waals surface area (Å²) in [4.78, 5) is 0. The standard InChI is InChI=1S/C20H31IO/c1-5-18(2)9-8-16-14(10-18)6-7-17-19(3,13-21)11-15(22)12-20(16,17)4/h5-6,15-17,22H,1,7-13H2,2-4H3/t15-,16+,17+,18+,19-,20-/m1/s1. The van der Waals surface area contributed by atoms with E-state index in [1.165, 1.54) is 25.7 Å². The summed E-state index contributed by atoms with van der Waals surface area (Å²) in [5.41, 5.74) is 2.52. The minimum Gasteiger partial charge on any atom is -0.393 e. The number of alkyl halides is 1. The first-order valence-corrected chi connectivity index (χ1v) is 10.4. The van der Waals surface area contributed by atoms with Crippen molar-refractivity contribution in [3.63, 3.8) is 0 Å². The molecule has 0 amide bonds. The Morgan fingerprint density at radius 3 is 2.73 bits per heavy atom. The van der Waals surface area contributed by atoms with Crippen LogP contribution in [-0.4, -0.2) is 15.6 Å². The Hall–Kier alpha value is 0.170. The van der Waals surface area contributed by atoms with Crippen molar-refractivity contribution in [1.82, 2.24) is 0 Å². The lowest BCUT2D eigenvalue weighted by Crippen LogP contribution is -2.55. The van der Waals surface area contributed by atoms with E-state index in [4.69, 9.17) is 0 Å². The Morgan fingerprint density at radius 1 is 1.36 bits per heavy atom. The van der Waals surface area contributed by atoms with Crippen molar-refractivity contribution in [2.75, 3.05) is 4.43 Å². The maximum absolute atomic E-state index is 10.6. The molecular formula is C20H31IO. The monoisotopic (exact) mass is 414 g/mol. The van der Waals surface area contributed by atoms with Gasteiger partial charge in [0.25, 0.3) is 0 Å². The van der Waals surface area contributed by atoms with Crippen LogP contribution in [-0.2, 0) is 0 Å². The third kappa shape index (κ3) is 2.53. The van der Waals surface area contributed by atoms with Crippen LogP contribution in [0.25, 0.3) is 0 Å². The molecule has 0 saturated heterocycles. The minimum absolute atomic E-state index is 0.118. The van der Waals surface area contributed by atoms with Crippen molar-refractivity contribution < 1.29 is 5.11 Å². The highest BCUT2D eigenvalue weighted by Crippen LogP contribution is 2.63. The van der Waals surface area contributed by atoms with Crippen LogP contribution < -0.4 is 0 Å². The van der Waals surface area contributed by atoms with E-state index in [0.717, 1.165) is 23.2 Å². The summed E-state index contributed by atoms with van der Waals surface area (Å²) >= 11 is 2.54. The average molecular weight is 414 g/mol. The normalized spacial score (nSPS) is 51.5. The van der Waals surface area contributed by atoms with Gasteiger partial charge in [-0.2, -0.15) is 0 Å². The first-order chi connectivity index (χ1) is 10.3. The molecule has 22 heavy (non-hydrogen) atoms. The van der Waals surface area contributed by atoms with Gasteiger partial charge in [0.1, 0.15) is 0 Å². The van der Waals surface area contributed by atoms with E-state index in [9.17, 15) is 5.11 Å². The average Bonchev–Trinajstić information content (AvgIpc) is 2.45. The van der Waals surface area contributed by atoms with Gasteiger partial charge < -0.3 is 5.11 Å². The molecule has 2 saturated carbocycles. The molecule has 1 N–H and O–H groups in total. The molecule has 3 aliphatic carbocycles. The molecule has 0 unspecified atom stereocenters. The van der Waals surface area contributed by atoms with E-state index >= 15 is 0 Å². The second-order valence-corrected chi connectivity index (χ2v) is 9.81. The van der Waals surface area contributed by atoms with Crippen molar-refractivity contribution >= 4 is 22.6 Å². The van der Waals surface area contributed by atoms with Crippen LogP contribution in [0.4, 0.5) is 0 Å². The predicted molar refractivity (Wildman–Crippen MR) is 102 cm³/mol. The zero-order chi connectivity index (χ0) is 16.2. The molecule has 0 spiro atoms. The van der Waals surface area contributed by atoms with Gasteiger partial charge in [0.15, 0.2) is 0 Å². The summed E-state index contributed by atoms with van der Waals surface area (Å²) in [5.74, 6) is 1.40. The van der Waals surface area contributed by atoms with Crippen LogP contribution in [0, 0.1) is 28.1 Å². The molecule has 0 bridgehead atoms. The number of halogens is 1. The lowest BCUT2D eigenvalue weighted by atomic mass is 9.45. The summed E-state index contributed by atoms with van der Waals surface area (Å²) in [5, 5.41) is 10.6. The molecule has 2 fully saturated rings. The SMILES string of the molecule is C=C[C@@]1(C)CC[C@H]2C(=CC[C@H]3[C@@](C)(CI)C[C@@H](O)C[C@]23C)C1. The van der Waals surface area contributed by atoms with E-state index in [1.807, 2.05) is 0 Å². The topological polar surface area (TPSA) is 20.2 Å². The molecule has 2 heteroatoms. The maximum Gasteiger partial charge on any atom is 0.0551 e. The number of aliphatic hydroxyl groups is 1. The molecule has 3 rings (SSSR count). The van der Waals surface area contributed by atoms with Gasteiger partial charge in [-0.05, 0) is 66.6 Å². The van der Waals surface area contributed by atoms with Crippen LogP contribution in [0.5, 0.6) is 0 Å². The Labute approximate surface area is 149 Å². The number of hydrogen-bond donors (Lipinski definition) is 1. The first kappa shape index (κ1) is 17.0. The van der Waals surface area contributed by atoms with Gasteiger partial charge in [-0.1, -0.05) is 61.1 Å². The molecule has 0 heterocycles. The molecule has 0 aliphatic heterocycles. The summed E-state index contributed by atoms with van der Waals surface area (Å²) < 4.78 is 1.16. The quantitative estimate of drug-likeness (QED) is 0.358. The second-order valence-electron chi connectivity index (χ2n) is 9.05. The number of allylic oxidation sites excluding steroid dienone is 3. The van der Waals surface area contributed by atoms with E-state index in [2.05, 4.69) is 62.1 Å². The van der Waals surface area contributed by atoms with Gasteiger partial charge in [0.05, 0.1) is 6.10 Å². The molecule has 3 aliphatic rings. The van der Waals surface area contributed by atoms with Gasteiger partial charge in [-0.3, -0.25) is 0 Å². The van der Waals surface area contributed by atoms with Gasteiger partial charge in [0, 0.05) is 4.43 Å². The number of fused-ring (bicyclic) bond motifs is 3. The summed E-state index contributed by atoms with van der Waals surface area (Å²) in [6.45, 7) is 11.3. The fourth-order valence-corrected chi connectivity index (χ4v) is 6.88. The van der Waals surface area contributed by atoms with Crippen molar-refractivity contribution in [1.29, 1.82) is 0 Å². The summed E-state index contributed by atoms with van der Waals surface area (Å²) in [7, 11) is 0. The minimum atomic E-state index is -0.118. The molecule has 124 valence electrons. The summed E-state index contributed by atoms with van der Waals surface area (Å²) in [6.07, 6.45) is 11.5. The zero-order valence-corrected chi connectivity index (χ0v) is 16.5. The molecular weight excluding hydrogens is 383 g/mol. The van der Waals surface area contributed by atoms with Crippen molar-refractivity contribution in [3.8, 4) is 0 Å². The van der Waals surface area contributed by atoms with E-state index in [1.54, 1.807) is 5.57 Å². The first-order valence-electron chi connectivity index (χ1n) is 8.83. The van der Waals surface area contributed by atoms with Gasteiger partial charge >= 0.3 is 0 Å². The number of rotatable bonds is 2. The number of aliphatic hydroxyl groups excluding tert-OH is 1. The molecule has 6 atom stereocenters. The number of hydrogen-bond acceptors (Lipinski definition) is 1. The maximum atomic E-state index is 10.6. The third-order valence-corrected chi connectivity index (χ3v) is 9.03. The highest BCUT2D eigenvalue weighted by Gasteiger charge is 2.57. The Morgan fingerprint density at radius 2 is 2.09 bits per heavy atom. The molecule has 0 aromatic rings. The lowest BCUT2D eigenvalue weighted by Gasteiger charge is -2.60. The van der Waals surface area contributed by atoms with Gasteiger partial charge in [-0.15, -0.1) is 6.58 Å². The van der Waals surface area contributed by atoms with E-state index in [0.29, 0.717) is 5.92 Å². The van der Waals surface area contributed by atoms with Crippen LogP contribution in [0.2, 0.25) is 0 Å². The van der Waals surface area contributed by atoms with Crippen LogP contribution in [0.3, 0.4) is 0 Å². The summed E-state index contributed by atoms with van der Waals surface area (Å²) in [6, 6.07) is 0. The van der Waals surface area contributed by atoms with E-state index in [-0.39, 0.29) is 22.3 Å². The van der Waals surface area contributed by atoms with Crippen LogP contribution in [0.1, 0.15) is 59.3 Å². The zero-order valence-electron chi connectivity index (χ0n) is 14.4.